The molecule has 0 bridgehead atoms. The zero-order chi connectivity index (χ0) is 31.8. The summed E-state index contributed by atoms with van der Waals surface area (Å²) >= 11 is 1.51. The number of rotatable bonds is 9. The Kier molecular flexibility index (Phi) is 8.89. The average Bonchev–Trinajstić information content (AvgIpc) is 3.39. The summed E-state index contributed by atoms with van der Waals surface area (Å²) in [7, 11) is -3.66. The average molecular weight is 662 g/mol. The van der Waals surface area contributed by atoms with Crippen LogP contribution in [0.3, 0.4) is 0 Å². The first kappa shape index (κ1) is 31.5. The second kappa shape index (κ2) is 12.7. The second-order valence-electron chi connectivity index (χ2n) is 11.3. The molecular formula is C30H34F3N7O3S2. The molecule has 2 aliphatic rings. The van der Waals surface area contributed by atoms with E-state index in [4.69, 9.17) is 5.73 Å². The van der Waals surface area contributed by atoms with Crippen LogP contribution in [0, 0.1) is 0 Å². The number of fused-ring (bicyclic) bond motifs is 3. The first-order chi connectivity index (χ1) is 21.5. The molecule has 0 atom stereocenters. The quantitative estimate of drug-likeness (QED) is 0.263. The van der Waals surface area contributed by atoms with Gasteiger partial charge in [-0.25, -0.2) is 18.1 Å². The smallest absolute Gasteiger partial charge is 0.399 e. The molecule has 0 unspecified atom stereocenters. The third-order valence-corrected chi connectivity index (χ3v) is 10.9. The number of hydrogen-bond donors (Lipinski definition) is 2. The molecule has 1 fully saturated rings. The highest BCUT2D eigenvalue weighted by atomic mass is 32.2. The predicted molar refractivity (Wildman–Crippen MR) is 169 cm³/mol. The van der Waals surface area contributed by atoms with E-state index in [0.29, 0.717) is 86.9 Å². The van der Waals surface area contributed by atoms with Crippen LogP contribution in [0.25, 0.3) is 10.2 Å². The lowest BCUT2D eigenvalue weighted by molar-refractivity contribution is -0.137. The van der Waals surface area contributed by atoms with E-state index in [1.807, 2.05) is 4.90 Å². The fourth-order valence-corrected chi connectivity index (χ4v) is 8.18. The van der Waals surface area contributed by atoms with E-state index in [0.717, 1.165) is 16.5 Å². The Morgan fingerprint density at radius 1 is 0.956 bits per heavy atom. The number of thiophene rings is 1. The third kappa shape index (κ3) is 7.02. The number of nitrogen functional groups attached to an aromatic ring is 1. The molecular weight excluding hydrogens is 628 g/mol. The van der Waals surface area contributed by atoms with Gasteiger partial charge in [-0.3, -0.25) is 19.2 Å². The van der Waals surface area contributed by atoms with Gasteiger partial charge in [0.15, 0.2) is 0 Å². The van der Waals surface area contributed by atoms with Crippen molar-refractivity contribution in [3.63, 3.8) is 0 Å². The van der Waals surface area contributed by atoms with Crippen molar-refractivity contribution in [3.05, 3.63) is 81.2 Å². The van der Waals surface area contributed by atoms with Crippen LogP contribution in [0.5, 0.6) is 0 Å². The van der Waals surface area contributed by atoms with E-state index in [9.17, 15) is 26.4 Å². The van der Waals surface area contributed by atoms with E-state index in [-0.39, 0.29) is 17.0 Å². The molecule has 45 heavy (non-hydrogen) atoms. The Bertz CT molecular complexity index is 1850. The van der Waals surface area contributed by atoms with Gasteiger partial charge in [0.1, 0.15) is 4.83 Å². The molecule has 2 aromatic carbocycles. The zero-order valence-corrected chi connectivity index (χ0v) is 26.1. The highest BCUT2D eigenvalue weighted by Crippen LogP contribution is 2.33. The minimum Gasteiger partial charge on any atom is -0.399 e. The Hall–Kier alpha value is -3.50. The number of halogens is 3. The van der Waals surface area contributed by atoms with Crippen LogP contribution >= 0.6 is 11.3 Å². The van der Waals surface area contributed by atoms with E-state index < -0.39 is 21.8 Å². The number of nitrogens with one attached hydrogen (secondary N) is 1. The van der Waals surface area contributed by atoms with Gasteiger partial charge in [0.05, 0.1) is 22.2 Å². The summed E-state index contributed by atoms with van der Waals surface area (Å²) in [5.41, 5.74) is 6.98. The summed E-state index contributed by atoms with van der Waals surface area (Å²) in [6, 6.07) is 11.6. The minimum absolute atomic E-state index is 0.0663. The Balaban J connectivity index is 1.03. The molecule has 2 aliphatic heterocycles. The van der Waals surface area contributed by atoms with Crippen LogP contribution in [0.2, 0.25) is 0 Å². The van der Waals surface area contributed by atoms with Gasteiger partial charge in [0.2, 0.25) is 10.0 Å². The van der Waals surface area contributed by atoms with Crippen LogP contribution in [0.15, 0.2) is 64.5 Å². The molecule has 4 heterocycles. The number of anilines is 2. The summed E-state index contributed by atoms with van der Waals surface area (Å²) in [5.74, 6) is 0. The summed E-state index contributed by atoms with van der Waals surface area (Å²) in [6.45, 7) is 5.75. The van der Waals surface area contributed by atoms with Gasteiger partial charge in [-0.1, -0.05) is 12.1 Å². The molecule has 240 valence electrons. The molecule has 4 aromatic rings. The maximum Gasteiger partial charge on any atom is 0.416 e. The van der Waals surface area contributed by atoms with Crippen molar-refractivity contribution in [1.29, 1.82) is 0 Å². The van der Waals surface area contributed by atoms with Crippen LogP contribution in [0.1, 0.15) is 16.0 Å². The minimum atomic E-state index is -4.37. The van der Waals surface area contributed by atoms with Gasteiger partial charge in [0, 0.05) is 81.7 Å². The SMILES string of the molecule is Nc1cccc(S(=O)(=O)NCCN2CCc3c(sc4ncn(CCN5CCN(c6cccc(C(F)(F)F)c6)CC5)c(=O)c34)C2)c1. The number of piperazine rings is 1. The van der Waals surface area contributed by atoms with Gasteiger partial charge in [-0.05, 0) is 48.4 Å². The van der Waals surface area contributed by atoms with Crippen LogP contribution < -0.4 is 20.9 Å². The summed E-state index contributed by atoms with van der Waals surface area (Å²) in [5, 5.41) is 0.661. The van der Waals surface area contributed by atoms with Crippen molar-refractivity contribution in [2.75, 3.05) is 63.0 Å². The lowest BCUT2D eigenvalue weighted by Crippen LogP contribution is -2.47. The van der Waals surface area contributed by atoms with E-state index in [1.54, 1.807) is 29.1 Å². The maximum absolute atomic E-state index is 13.5. The molecule has 0 radical (unpaired) electrons. The number of alkyl halides is 3. The van der Waals surface area contributed by atoms with Crippen LogP contribution in [-0.4, -0.2) is 80.1 Å². The Labute approximate surface area is 262 Å². The molecule has 6 rings (SSSR count). The molecule has 0 spiro atoms. The van der Waals surface area contributed by atoms with E-state index in [2.05, 4.69) is 19.5 Å². The molecule has 0 saturated carbocycles. The Morgan fingerprint density at radius 3 is 2.49 bits per heavy atom. The summed E-state index contributed by atoms with van der Waals surface area (Å²) < 4.78 is 68.9. The maximum atomic E-state index is 13.5. The van der Waals surface area contributed by atoms with E-state index >= 15 is 0 Å². The monoisotopic (exact) mass is 661 g/mol. The van der Waals surface area contributed by atoms with Crippen molar-refractivity contribution < 1.29 is 21.6 Å². The topological polar surface area (TPSA) is 117 Å². The summed E-state index contributed by atoms with van der Waals surface area (Å²) in [6.07, 6.45) is -2.10. The molecule has 0 aliphatic carbocycles. The molecule has 15 heteroatoms. The van der Waals surface area contributed by atoms with Crippen molar-refractivity contribution in [1.82, 2.24) is 24.1 Å². The van der Waals surface area contributed by atoms with Gasteiger partial charge >= 0.3 is 6.18 Å². The first-order valence-corrected chi connectivity index (χ1v) is 17.0. The third-order valence-electron chi connectivity index (χ3n) is 8.36. The standard InChI is InChI=1S/C30H34F3N7O3S2/c31-30(32,33)21-3-1-5-23(17-21)39-14-11-37(12-15-39)13-16-40-20-35-28-27(29(40)41)25-7-9-38(19-26(25)44-28)10-8-36-45(42,43)24-6-2-4-22(34)18-24/h1-6,17-18,20,36H,7-16,19,34H2. The molecule has 1 saturated heterocycles. The van der Waals surface area contributed by atoms with Crippen molar-refractivity contribution in [2.45, 2.75) is 30.6 Å². The number of sulfonamides is 1. The molecule has 0 amide bonds. The van der Waals surface area contributed by atoms with Crippen molar-refractivity contribution in [2.24, 2.45) is 0 Å². The number of aromatic nitrogens is 2. The molecule has 10 nitrogen and oxygen atoms in total. The van der Waals surface area contributed by atoms with Crippen LogP contribution in [-0.2, 0) is 35.7 Å². The fraction of sp³-hybridized carbons (Fsp3) is 0.400. The predicted octanol–water partition coefficient (Wildman–Crippen LogP) is 3.22. The lowest BCUT2D eigenvalue weighted by atomic mass is 10.1. The number of hydrogen-bond acceptors (Lipinski definition) is 9. The van der Waals surface area contributed by atoms with E-state index in [1.165, 1.54) is 35.6 Å². The van der Waals surface area contributed by atoms with Crippen LogP contribution in [0.4, 0.5) is 24.5 Å². The normalized spacial score (nSPS) is 16.7. The summed E-state index contributed by atoms with van der Waals surface area (Å²) in [4.78, 5) is 26.4. The Morgan fingerprint density at radius 2 is 1.73 bits per heavy atom. The number of nitrogens with zero attached hydrogens (tertiary/aromatic N) is 5. The van der Waals surface area contributed by atoms with Crippen molar-refractivity contribution in [3.8, 4) is 0 Å². The highest BCUT2D eigenvalue weighted by molar-refractivity contribution is 7.89. The second-order valence-corrected chi connectivity index (χ2v) is 14.2. The van der Waals surface area contributed by atoms with Gasteiger partial charge in [-0.15, -0.1) is 11.3 Å². The lowest BCUT2D eigenvalue weighted by Gasteiger charge is -2.36. The number of nitrogens with two attached hydrogens (primary N) is 1. The van der Waals surface area contributed by atoms with Gasteiger partial charge < -0.3 is 10.6 Å². The number of benzene rings is 2. The molecule has 2 aromatic heterocycles. The van der Waals surface area contributed by atoms with Gasteiger partial charge in [0.25, 0.3) is 5.56 Å². The van der Waals surface area contributed by atoms with Gasteiger partial charge in [-0.2, -0.15) is 13.2 Å². The molecule has 3 N–H and O–H groups in total. The van der Waals surface area contributed by atoms with Crippen molar-refractivity contribution >= 4 is 43.0 Å². The zero-order valence-electron chi connectivity index (χ0n) is 24.5. The first-order valence-electron chi connectivity index (χ1n) is 14.7. The highest BCUT2D eigenvalue weighted by Gasteiger charge is 2.31. The largest absolute Gasteiger partial charge is 0.416 e. The fourth-order valence-electron chi connectivity index (χ4n) is 5.88.